The molecule has 1 heterocycles. The van der Waals surface area contributed by atoms with Crippen LogP contribution in [0.15, 0.2) is 29.6 Å². The standard InChI is InChI=1S/C15H17NO2S/c1-3-11-6-7-19-14(11)9-16-15(18)13-5-4-12(17)8-10(13)2/h4-8,17H,3,9H2,1-2H3,(H,16,18). The van der Waals surface area contributed by atoms with Gasteiger partial charge in [-0.05, 0) is 54.1 Å². The Bertz CT molecular complexity index is 590. The summed E-state index contributed by atoms with van der Waals surface area (Å²) in [5.41, 5.74) is 2.67. The summed E-state index contributed by atoms with van der Waals surface area (Å²) < 4.78 is 0. The molecule has 0 radical (unpaired) electrons. The maximum atomic E-state index is 12.1. The molecule has 100 valence electrons. The number of carbonyl (C=O) groups excluding carboxylic acids is 1. The Hall–Kier alpha value is -1.81. The molecule has 3 nitrogen and oxygen atoms in total. The molecule has 2 rings (SSSR count). The Morgan fingerprint density at radius 3 is 2.84 bits per heavy atom. The number of aryl methyl sites for hydroxylation is 2. The number of benzene rings is 1. The first-order valence-corrected chi connectivity index (χ1v) is 7.13. The Morgan fingerprint density at radius 2 is 2.16 bits per heavy atom. The number of hydrogen-bond donors (Lipinski definition) is 2. The summed E-state index contributed by atoms with van der Waals surface area (Å²) in [6.45, 7) is 4.48. The molecule has 0 saturated heterocycles. The molecule has 19 heavy (non-hydrogen) atoms. The van der Waals surface area contributed by atoms with Gasteiger partial charge in [0.25, 0.3) is 5.91 Å². The van der Waals surface area contributed by atoms with Crippen LogP contribution in [0.5, 0.6) is 5.75 Å². The molecule has 0 aliphatic heterocycles. The fourth-order valence-electron chi connectivity index (χ4n) is 2.00. The van der Waals surface area contributed by atoms with Crippen molar-refractivity contribution in [3.8, 4) is 5.75 Å². The van der Waals surface area contributed by atoms with Gasteiger partial charge in [0.1, 0.15) is 5.75 Å². The second-order valence-corrected chi connectivity index (χ2v) is 5.41. The number of rotatable bonds is 4. The van der Waals surface area contributed by atoms with Crippen LogP contribution in [-0.4, -0.2) is 11.0 Å². The fraction of sp³-hybridized carbons (Fsp3) is 0.267. The first-order chi connectivity index (χ1) is 9.11. The molecule has 4 heteroatoms. The minimum atomic E-state index is -0.104. The number of phenolic OH excluding ortho intramolecular Hbond substituents is 1. The molecule has 0 atom stereocenters. The van der Waals surface area contributed by atoms with Crippen LogP contribution >= 0.6 is 11.3 Å². The summed E-state index contributed by atoms with van der Waals surface area (Å²) in [6, 6.07) is 6.87. The van der Waals surface area contributed by atoms with Gasteiger partial charge >= 0.3 is 0 Å². The fourth-order valence-corrected chi connectivity index (χ4v) is 2.91. The maximum absolute atomic E-state index is 12.1. The smallest absolute Gasteiger partial charge is 0.251 e. The summed E-state index contributed by atoms with van der Waals surface area (Å²) in [4.78, 5) is 13.3. The Balaban J connectivity index is 2.05. The van der Waals surface area contributed by atoms with Crippen molar-refractivity contribution in [2.24, 2.45) is 0 Å². The summed E-state index contributed by atoms with van der Waals surface area (Å²) >= 11 is 1.66. The van der Waals surface area contributed by atoms with Gasteiger partial charge in [-0.3, -0.25) is 4.79 Å². The van der Waals surface area contributed by atoms with Gasteiger partial charge in [-0.1, -0.05) is 6.92 Å². The van der Waals surface area contributed by atoms with Crippen molar-refractivity contribution < 1.29 is 9.90 Å². The SMILES string of the molecule is CCc1ccsc1CNC(=O)c1ccc(O)cc1C. The van der Waals surface area contributed by atoms with E-state index < -0.39 is 0 Å². The number of aromatic hydroxyl groups is 1. The van der Waals surface area contributed by atoms with Crippen LogP contribution in [0.25, 0.3) is 0 Å². The van der Waals surface area contributed by atoms with E-state index in [1.54, 1.807) is 23.5 Å². The van der Waals surface area contributed by atoms with E-state index in [4.69, 9.17) is 0 Å². The number of phenols is 1. The normalized spacial score (nSPS) is 10.4. The van der Waals surface area contributed by atoms with Crippen molar-refractivity contribution in [3.05, 3.63) is 51.2 Å². The third-order valence-corrected chi connectivity index (χ3v) is 4.05. The van der Waals surface area contributed by atoms with Crippen LogP contribution in [0.3, 0.4) is 0 Å². The molecule has 0 aliphatic rings. The predicted molar refractivity (Wildman–Crippen MR) is 77.7 cm³/mol. The van der Waals surface area contributed by atoms with E-state index in [1.165, 1.54) is 16.5 Å². The van der Waals surface area contributed by atoms with Crippen molar-refractivity contribution >= 4 is 17.2 Å². The summed E-state index contributed by atoms with van der Waals surface area (Å²) in [6.07, 6.45) is 0.979. The summed E-state index contributed by atoms with van der Waals surface area (Å²) in [7, 11) is 0. The highest BCUT2D eigenvalue weighted by atomic mass is 32.1. The molecular formula is C15H17NO2S. The molecule has 1 amide bonds. The van der Waals surface area contributed by atoms with Gasteiger partial charge in [-0.25, -0.2) is 0 Å². The van der Waals surface area contributed by atoms with E-state index >= 15 is 0 Å². The minimum absolute atomic E-state index is 0.104. The first kappa shape index (κ1) is 13.6. The lowest BCUT2D eigenvalue weighted by atomic mass is 10.1. The Morgan fingerprint density at radius 1 is 1.37 bits per heavy atom. The van der Waals surface area contributed by atoms with Crippen LogP contribution < -0.4 is 5.32 Å². The lowest BCUT2D eigenvalue weighted by molar-refractivity contribution is 0.0950. The summed E-state index contributed by atoms with van der Waals surface area (Å²) in [5.74, 6) is 0.0773. The van der Waals surface area contributed by atoms with E-state index in [1.807, 2.05) is 12.3 Å². The molecule has 0 unspecified atom stereocenters. The van der Waals surface area contributed by atoms with Gasteiger partial charge < -0.3 is 10.4 Å². The van der Waals surface area contributed by atoms with Gasteiger partial charge in [0.2, 0.25) is 0 Å². The van der Waals surface area contributed by atoms with Crippen molar-refractivity contribution in [1.29, 1.82) is 0 Å². The second kappa shape index (κ2) is 5.89. The highest BCUT2D eigenvalue weighted by Crippen LogP contribution is 2.18. The van der Waals surface area contributed by atoms with E-state index in [0.717, 1.165) is 12.0 Å². The van der Waals surface area contributed by atoms with E-state index in [9.17, 15) is 9.90 Å². The topological polar surface area (TPSA) is 49.3 Å². The molecule has 0 aliphatic carbocycles. The molecule has 0 bridgehead atoms. The third-order valence-electron chi connectivity index (χ3n) is 3.08. The van der Waals surface area contributed by atoms with E-state index in [-0.39, 0.29) is 11.7 Å². The average molecular weight is 275 g/mol. The number of nitrogens with one attached hydrogen (secondary N) is 1. The monoisotopic (exact) mass is 275 g/mol. The highest BCUT2D eigenvalue weighted by Gasteiger charge is 2.10. The molecule has 2 aromatic rings. The molecule has 2 N–H and O–H groups in total. The zero-order valence-corrected chi connectivity index (χ0v) is 11.9. The third kappa shape index (κ3) is 3.15. The molecule has 0 spiro atoms. The van der Waals surface area contributed by atoms with Crippen molar-refractivity contribution in [2.75, 3.05) is 0 Å². The largest absolute Gasteiger partial charge is 0.508 e. The average Bonchev–Trinajstić information content (AvgIpc) is 2.83. The van der Waals surface area contributed by atoms with Gasteiger partial charge in [0.05, 0.1) is 6.54 Å². The number of hydrogen-bond acceptors (Lipinski definition) is 3. The second-order valence-electron chi connectivity index (χ2n) is 4.40. The summed E-state index contributed by atoms with van der Waals surface area (Å²) in [5, 5.41) is 14.3. The number of amides is 1. The van der Waals surface area contributed by atoms with Gasteiger partial charge in [0.15, 0.2) is 0 Å². The van der Waals surface area contributed by atoms with E-state index in [0.29, 0.717) is 12.1 Å². The zero-order chi connectivity index (χ0) is 13.8. The molecular weight excluding hydrogens is 258 g/mol. The van der Waals surface area contributed by atoms with Crippen molar-refractivity contribution in [3.63, 3.8) is 0 Å². The van der Waals surface area contributed by atoms with Gasteiger partial charge in [-0.15, -0.1) is 11.3 Å². The van der Waals surface area contributed by atoms with Crippen molar-refractivity contribution in [2.45, 2.75) is 26.8 Å². The zero-order valence-electron chi connectivity index (χ0n) is 11.1. The van der Waals surface area contributed by atoms with Gasteiger partial charge in [-0.2, -0.15) is 0 Å². The highest BCUT2D eigenvalue weighted by molar-refractivity contribution is 7.10. The number of carbonyl (C=O) groups is 1. The Kier molecular flexibility index (Phi) is 4.22. The number of thiophene rings is 1. The van der Waals surface area contributed by atoms with Gasteiger partial charge in [0, 0.05) is 10.4 Å². The first-order valence-electron chi connectivity index (χ1n) is 6.25. The van der Waals surface area contributed by atoms with Crippen LogP contribution in [0.2, 0.25) is 0 Å². The lowest BCUT2D eigenvalue weighted by Crippen LogP contribution is -2.23. The predicted octanol–water partition coefficient (Wildman–Crippen LogP) is 3.25. The molecule has 0 saturated carbocycles. The molecule has 1 aromatic heterocycles. The Labute approximate surface area is 116 Å². The molecule has 0 fully saturated rings. The van der Waals surface area contributed by atoms with Crippen LogP contribution in [0.1, 0.15) is 33.3 Å². The minimum Gasteiger partial charge on any atom is -0.508 e. The van der Waals surface area contributed by atoms with Crippen molar-refractivity contribution in [1.82, 2.24) is 5.32 Å². The molecule has 1 aromatic carbocycles. The van der Waals surface area contributed by atoms with Crippen LogP contribution in [0, 0.1) is 6.92 Å². The quantitative estimate of drug-likeness (QED) is 0.900. The maximum Gasteiger partial charge on any atom is 0.251 e. The van der Waals surface area contributed by atoms with Crippen LogP contribution in [-0.2, 0) is 13.0 Å². The van der Waals surface area contributed by atoms with E-state index in [2.05, 4.69) is 18.3 Å². The lowest BCUT2D eigenvalue weighted by Gasteiger charge is -2.08. The van der Waals surface area contributed by atoms with Crippen LogP contribution in [0.4, 0.5) is 0 Å².